The molecule has 0 unspecified atom stereocenters. The number of carbonyl (C=O) groups excluding carboxylic acids is 1. The summed E-state index contributed by atoms with van der Waals surface area (Å²) in [5.41, 5.74) is 4.78. The van der Waals surface area contributed by atoms with Crippen LogP contribution in [0.25, 0.3) is 5.69 Å². The van der Waals surface area contributed by atoms with Crippen LogP contribution in [0.15, 0.2) is 72.4 Å². The highest BCUT2D eigenvalue weighted by Gasteiger charge is 2.20. The Morgan fingerprint density at radius 2 is 1.83 bits per heavy atom. The molecule has 146 valence electrons. The zero-order chi connectivity index (χ0) is 20.2. The van der Waals surface area contributed by atoms with Crippen molar-refractivity contribution in [3.8, 4) is 5.69 Å². The molecule has 29 heavy (non-hydrogen) atoms. The Morgan fingerprint density at radius 1 is 1.07 bits per heavy atom. The van der Waals surface area contributed by atoms with Crippen molar-refractivity contribution < 1.29 is 4.79 Å². The van der Waals surface area contributed by atoms with Crippen molar-refractivity contribution in [2.24, 2.45) is 0 Å². The lowest BCUT2D eigenvalue weighted by molar-refractivity contribution is 0.0987. The largest absolute Gasteiger partial charge is 0.284 e. The van der Waals surface area contributed by atoms with Gasteiger partial charge in [0.1, 0.15) is 0 Å². The summed E-state index contributed by atoms with van der Waals surface area (Å²) in [5.74, 6) is -0.0431. The Morgan fingerprint density at radius 3 is 2.45 bits per heavy atom. The number of benzene rings is 2. The van der Waals surface area contributed by atoms with Crippen molar-refractivity contribution in [3.63, 3.8) is 0 Å². The fourth-order valence-corrected chi connectivity index (χ4v) is 3.93. The maximum Gasteiger partial charge on any atom is 0.260 e. The van der Waals surface area contributed by atoms with Gasteiger partial charge in [-0.1, -0.05) is 30.3 Å². The zero-order valence-electron chi connectivity index (χ0n) is 16.4. The van der Waals surface area contributed by atoms with E-state index < -0.39 is 0 Å². The van der Waals surface area contributed by atoms with E-state index in [9.17, 15) is 4.79 Å². The van der Waals surface area contributed by atoms with E-state index in [-0.39, 0.29) is 5.91 Å². The molecule has 2 heterocycles. The molecule has 0 atom stereocenters. The van der Waals surface area contributed by atoms with E-state index in [0.717, 1.165) is 28.5 Å². The van der Waals surface area contributed by atoms with Crippen LogP contribution >= 0.6 is 11.3 Å². The molecule has 2 aromatic carbocycles. The van der Waals surface area contributed by atoms with Gasteiger partial charge in [-0.2, -0.15) is 5.10 Å². The summed E-state index contributed by atoms with van der Waals surface area (Å²) in [4.78, 5) is 19.6. The number of anilines is 1. The molecule has 0 saturated heterocycles. The predicted octanol–water partition coefficient (Wildman–Crippen LogP) is 4.84. The van der Waals surface area contributed by atoms with E-state index in [4.69, 9.17) is 0 Å². The molecule has 1 amide bonds. The van der Waals surface area contributed by atoms with Gasteiger partial charge in [0.15, 0.2) is 5.13 Å². The van der Waals surface area contributed by atoms with E-state index >= 15 is 0 Å². The Labute approximate surface area is 174 Å². The van der Waals surface area contributed by atoms with Gasteiger partial charge in [-0.3, -0.25) is 9.69 Å². The fourth-order valence-electron chi connectivity index (χ4n) is 3.10. The Balaban J connectivity index is 1.57. The van der Waals surface area contributed by atoms with Gasteiger partial charge in [0, 0.05) is 23.7 Å². The summed E-state index contributed by atoms with van der Waals surface area (Å²) < 4.78 is 1.81. The van der Waals surface area contributed by atoms with Gasteiger partial charge in [0.05, 0.1) is 17.6 Å². The van der Waals surface area contributed by atoms with E-state index in [2.05, 4.69) is 22.2 Å². The summed E-state index contributed by atoms with van der Waals surface area (Å²) in [5, 5.41) is 7.03. The van der Waals surface area contributed by atoms with Gasteiger partial charge >= 0.3 is 0 Å². The number of aromatic nitrogens is 3. The van der Waals surface area contributed by atoms with Crippen LogP contribution in [0.3, 0.4) is 0 Å². The quantitative estimate of drug-likeness (QED) is 0.464. The van der Waals surface area contributed by atoms with Gasteiger partial charge in [0.25, 0.3) is 5.91 Å². The third-order valence-corrected chi connectivity index (χ3v) is 5.62. The number of thiazole rings is 1. The molecule has 0 radical (unpaired) electrons. The first-order valence-electron chi connectivity index (χ1n) is 9.50. The minimum Gasteiger partial charge on any atom is -0.284 e. The van der Waals surface area contributed by atoms with Crippen molar-refractivity contribution in [3.05, 3.63) is 94.8 Å². The zero-order valence-corrected chi connectivity index (χ0v) is 17.3. The number of nitrogens with zero attached hydrogens (tertiary/aromatic N) is 4. The van der Waals surface area contributed by atoms with Crippen LogP contribution in [0.4, 0.5) is 5.13 Å². The first kappa shape index (κ1) is 19.1. The number of carbonyl (C=O) groups is 1. The molecule has 0 bridgehead atoms. The first-order valence-corrected chi connectivity index (χ1v) is 10.4. The summed E-state index contributed by atoms with van der Waals surface area (Å²) in [7, 11) is 0. The highest BCUT2D eigenvalue weighted by Crippen LogP contribution is 2.23. The summed E-state index contributed by atoms with van der Waals surface area (Å²) in [6.45, 7) is 4.53. The number of amides is 1. The lowest BCUT2D eigenvalue weighted by Gasteiger charge is -2.20. The highest BCUT2D eigenvalue weighted by atomic mass is 32.1. The molecule has 0 N–H and O–H groups in total. The predicted molar refractivity (Wildman–Crippen MR) is 117 cm³/mol. The van der Waals surface area contributed by atoms with Crippen molar-refractivity contribution in [2.45, 2.75) is 20.3 Å². The van der Waals surface area contributed by atoms with Gasteiger partial charge in [-0.25, -0.2) is 9.67 Å². The average Bonchev–Trinajstić information content (AvgIpc) is 3.37. The second-order valence-electron chi connectivity index (χ2n) is 6.97. The number of rotatable bonds is 6. The van der Waals surface area contributed by atoms with Crippen molar-refractivity contribution >= 4 is 22.4 Å². The van der Waals surface area contributed by atoms with Crippen LogP contribution in [-0.4, -0.2) is 27.2 Å². The first-order chi connectivity index (χ1) is 14.1. The fraction of sp³-hybridized carbons (Fsp3) is 0.174. The lowest BCUT2D eigenvalue weighted by Crippen LogP contribution is -2.33. The van der Waals surface area contributed by atoms with Crippen molar-refractivity contribution in [2.75, 3.05) is 11.4 Å². The minimum atomic E-state index is -0.0431. The second-order valence-corrected chi connectivity index (χ2v) is 7.81. The molecular formula is C23H22N4OS. The minimum absolute atomic E-state index is 0.0431. The van der Waals surface area contributed by atoms with Crippen LogP contribution in [0.1, 0.15) is 27.2 Å². The molecular weight excluding hydrogens is 380 g/mol. The standard InChI is InChI=1S/C23H22N4OS/c1-17-14-24-27(15-17)21-10-8-20(9-11-21)22(28)26(23-25-18(2)16-29-23)13-12-19-6-4-3-5-7-19/h3-11,14-16H,12-13H2,1-2H3. The number of hydrogen-bond acceptors (Lipinski definition) is 4. The Kier molecular flexibility index (Phi) is 5.53. The van der Waals surface area contributed by atoms with Gasteiger partial charge < -0.3 is 0 Å². The monoisotopic (exact) mass is 402 g/mol. The van der Waals surface area contributed by atoms with Crippen LogP contribution in [-0.2, 0) is 6.42 Å². The molecule has 5 nitrogen and oxygen atoms in total. The molecule has 0 aliphatic rings. The Bertz CT molecular complexity index is 1100. The molecule has 0 saturated carbocycles. The molecule has 4 aromatic rings. The summed E-state index contributed by atoms with van der Waals surface area (Å²) >= 11 is 1.50. The molecule has 0 fully saturated rings. The van der Waals surface area contributed by atoms with Crippen LogP contribution in [0, 0.1) is 13.8 Å². The van der Waals surface area contributed by atoms with Gasteiger partial charge in [0.2, 0.25) is 0 Å². The lowest BCUT2D eigenvalue weighted by atomic mass is 10.1. The number of hydrogen-bond donors (Lipinski definition) is 0. The van der Waals surface area contributed by atoms with Crippen molar-refractivity contribution in [1.82, 2.24) is 14.8 Å². The second kappa shape index (κ2) is 8.41. The molecule has 2 aromatic heterocycles. The van der Waals surface area contributed by atoms with E-state index in [1.54, 1.807) is 9.58 Å². The normalized spacial score (nSPS) is 10.8. The van der Waals surface area contributed by atoms with Crippen molar-refractivity contribution in [1.29, 1.82) is 0 Å². The summed E-state index contributed by atoms with van der Waals surface area (Å²) in [6, 6.07) is 17.7. The number of aryl methyl sites for hydroxylation is 2. The maximum atomic E-state index is 13.3. The summed E-state index contributed by atoms with van der Waals surface area (Å²) in [6.07, 6.45) is 4.55. The Hall–Kier alpha value is -3.25. The smallest absolute Gasteiger partial charge is 0.260 e. The molecule has 6 heteroatoms. The molecule has 0 spiro atoms. The maximum absolute atomic E-state index is 13.3. The highest BCUT2D eigenvalue weighted by molar-refractivity contribution is 7.14. The van der Waals surface area contributed by atoms with E-state index in [1.807, 2.05) is 74.1 Å². The van der Waals surface area contributed by atoms with Crippen LogP contribution in [0.5, 0.6) is 0 Å². The SMILES string of the molecule is Cc1cnn(-c2ccc(C(=O)N(CCc3ccccc3)c3nc(C)cs3)cc2)c1. The van der Waals surface area contributed by atoms with Gasteiger partial charge in [-0.05, 0) is 55.7 Å². The van der Waals surface area contributed by atoms with Gasteiger partial charge in [-0.15, -0.1) is 11.3 Å². The topological polar surface area (TPSA) is 51.0 Å². The van der Waals surface area contributed by atoms with Crippen LogP contribution in [0.2, 0.25) is 0 Å². The van der Waals surface area contributed by atoms with E-state index in [0.29, 0.717) is 12.1 Å². The van der Waals surface area contributed by atoms with E-state index in [1.165, 1.54) is 16.9 Å². The average molecular weight is 403 g/mol. The third kappa shape index (κ3) is 4.43. The molecule has 4 rings (SSSR count). The van der Waals surface area contributed by atoms with Crippen LogP contribution < -0.4 is 4.90 Å². The molecule has 0 aliphatic heterocycles. The third-order valence-electron chi connectivity index (χ3n) is 4.64. The molecule has 0 aliphatic carbocycles.